The number of nitrogens with zero attached hydrogens (tertiary/aromatic N) is 7. The maximum Gasteiger partial charge on any atom is 0.315 e. The molecule has 3 aromatic heterocycles. The smallest absolute Gasteiger partial charge is 0.315 e. The molecule has 0 radical (unpaired) electrons. The van der Waals surface area contributed by atoms with E-state index in [-0.39, 0.29) is 5.89 Å². The fourth-order valence-electron chi connectivity index (χ4n) is 3.00. The van der Waals surface area contributed by atoms with Crippen LogP contribution in [0.1, 0.15) is 39.8 Å². The first-order valence-electron chi connectivity index (χ1n) is 8.08. The maximum atomic E-state index is 11.0. The van der Waals surface area contributed by atoms with Crippen LogP contribution in [0.4, 0.5) is 0 Å². The minimum Gasteiger partial charge on any atom is -0.379 e. The number of amides is 1. The van der Waals surface area contributed by atoms with Gasteiger partial charge >= 0.3 is 11.8 Å². The van der Waals surface area contributed by atoms with Gasteiger partial charge in [0, 0.05) is 32.5 Å². The van der Waals surface area contributed by atoms with E-state index in [1.165, 1.54) is 0 Å². The van der Waals surface area contributed by atoms with E-state index in [9.17, 15) is 9.90 Å². The van der Waals surface area contributed by atoms with Crippen LogP contribution < -0.4 is 5.73 Å². The van der Waals surface area contributed by atoms with Crippen LogP contribution in [0.5, 0.6) is 0 Å². The zero-order valence-electron chi connectivity index (χ0n) is 14.1. The van der Waals surface area contributed by atoms with E-state index in [4.69, 9.17) is 10.3 Å². The minimum atomic E-state index is -0.878. The first-order valence-corrected chi connectivity index (χ1v) is 8.08. The van der Waals surface area contributed by atoms with E-state index < -0.39 is 12.0 Å². The van der Waals surface area contributed by atoms with Gasteiger partial charge in [0.1, 0.15) is 5.82 Å². The second-order valence-electron chi connectivity index (χ2n) is 6.17. The van der Waals surface area contributed by atoms with E-state index >= 15 is 0 Å². The number of hydrogen-bond acceptors (Lipinski definition) is 8. The summed E-state index contributed by atoms with van der Waals surface area (Å²) in [5.41, 5.74) is 6.65. The van der Waals surface area contributed by atoms with Crippen LogP contribution >= 0.6 is 0 Å². The Kier molecular flexibility index (Phi) is 4.01. The zero-order valence-corrected chi connectivity index (χ0v) is 14.1. The van der Waals surface area contributed by atoms with Crippen LogP contribution in [-0.4, -0.2) is 51.9 Å². The molecular weight excluding hydrogens is 340 g/mol. The third-order valence-electron chi connectivity index (χ3n) is 4.32. The molecule has 3 aromatic rings. The Bertz CT molecular complexity index is 942. The van der Waals surface area contributed by atoms with E-state index in [1.807, 2.05) is 17.8 Å². The second-order valence-corrected chi connectivity index (χ2v) is 6.17. The van der Waals surface area contributed by atoms with Crippen molar-refractivity contribution in [1.82, 2.24) is 34.4 Å². The summed E-state index contributed by atoms with van der Waals surface area (Å²) in [5.74, 6) is 0.0130. The van der Waals surface area contributed by atoms with Gasteiger partial charge in [-0.3, -0.25) is 14.4 Å². The van der Waals surface area contributed by atoms with Crippen LogP contribution in [0.15, 0.2) is 23.0 Å². The fraction of sp³-hybridized carbons (Fsp3) is 0.400. The number of aromatic nitrogens is 6. The molecule has 11 nitrogen and oxygen atoms in total. The van der Waals surface area contributed by atoms with Crippen molar-refractivity contribution in [3.8, 4) is 0 Å². The van der Waals surface area contributed by atoms with Gasteiger partial charge in [-0.05, 0) is 6.07 Å². The predicted molar refractivity (Wildman–Crippen MR) is 86.4 cm³/mol. The normalized spacial score (nSPS) is 15.8. The number of aryl methyl sites for hydroxylation is 1. The van der Waals surface area contributed by atoms with Gasteiger partial charge in [0.25, 0.3) is 0 Å². The molecule has 0 saturated carbocycles. The van der Waals surface area contributed by atoms with Gasteiger partial charge in [0.05, 0.1) is 24.5 Å². The molecule has 0 fully saturated rings. The molecule has 0 spiro atoms. The van der Waals surface area contributed by atoms with Crippen molar-refractivity contribution in [1.29, 1.82) is 0 Å². The number of carbonyl (C=O) groups is 1. The Morgan fingerprint density at radius 3 is 3.00 bits per heavy atom. The zero-order chi connectivity index (χ0) is 18.3. The summed E-state index contributed by atoms with van der Waals surface area (Å²) < 4.78 is 8.45. The fourth-order valence-corrected chi connectivity index (χ4v) is 3.00. The maximum absolute atomic E-state index is 11.0. The summed E-state index contributed by atoms with van der Waals surface area (Å²) in [6.07, 6.45) is 2.54. The van der Waals surface area contributed by atoms with Crippen LogP contribution in [-0.2, 0) is 26.7 Å². The molecule has 4 rings (SSSR count). The van der Waals surface area contributed by atoms with Gasteiger partial charge in [0.15, 0.2) is 11.9 Å². The molecule has 0 saturated heterocycles. The molecule has 1 atom stereocenters. The summed E-state index contributed by atoms with van der Waals surface area (Å²) in [5, 5.41) is 18.8. The largest absolute Gasteiger partial charge is 0.379 e. The Labute approximate surface area is 148 Å². The first-order chi connectivity index (χ1) is 12.5. The average Bonchev–Trinajstić information content (AvgIpc) is 3.33. The Morgan fingerprint density at radius 2 is 2.31 bits per heavy atom. The third-order valence-corrected chi connectivity index (χ3v) is 4.32. The van der Waals surface area contributed by atoms with E-state index in [0.717, 1.165) is 12.2 Å². The van der Waals surface area contributed by atoms with Gasteiger partial charge in [-0.1, -0.05) is 5.16 Å². The quantitative estimate of drug-likeness (QED) is 0.603. The first kappa shape index (κ1) is 16.4. The molecule has 136 valence electrons. The molecule has 26 heavy (non-hydrogen) atoms. The van der Waals surface area contributed by atoms with Crippen LogP contribution in [0, 0.1) is 0 Å². The molecule has 1 aliphatic heterocycles. The molecule has 0 aliphatic carbocycles. The lowest BCUT2D eigenvalue weighted by molar-refractivity contribution is 0.0958. The van der Waals surface area contributed by atoms with Crippen molar-refractivity contribution in [3.63, 3.8) is 0 Å². The van der Waals surface area contributed by atoms with Crippen molar-refractivity contribution in [2.75, 3.05) is 6.54 Å². The molecule has 3 N–H and O–H groups in total. The molecule has 0 bridgehead atoms. The highest BCUT2D eigenvalue weighted by molar-refractivity contribution is 5.87. The van der Waals surface area contributed by atoms with Gasteiger partial charge < -0.3 is 19.9 Å². The molecule has 1 amide bonds. The number of aliphatic hydroxyl groups is 1. The Morgan fingerprint density at radius 1 is 1.46 bits per heavy atom. The lowest BCUT2D eigenvalue weighted by Crippen LogP contribution is -2.33. The number of carbonyl (C=O) groups excluding carboxylic acids is 1. The van der Waals surface area contributed by atoms with Crippen molar-refractivity contribution in [3.05, 3.63) is 47.4 Å². The molecule has 1 aliphatic rings. The number of nitrogens with two attached hydrogens (primary N) is 1. The summed E-state index contributed by atoms with van der Waals surface area (Å²) >= 11 is 0. The summed E-state index contributed by atoms with van der Waals surface area (Å²) in [4.78, 5) is 21.3. The number of fused-ring (bicyclic) bond motifs is 1. The van der Waals surface area contributed by atoms with Gasteiger partial charge in [-0.15, -0.1) is 0 Å². The number of rotatable bonds is 5. The van der Waals surface area contributed by atoms with E-state index in [0.29, 0.717) is 37.0 Å². The summed E-state index contributed by atoms with van der Waals surface area (Å²) in [6, 6.07) is 1.87. The summed E-state index contributed by atoms with van der Waals surface area (Å²) in [6.45, 7) is 2.44. The topological polar surface area (TPSA) is 141 Å². The van der Waals surface area contributed by atoms with Crippen molar-refractivity contribution >= 4 is 5.91 Å². The van der Waals surface area contributed by atoms with E-state index in [1.54, 1.807) is 17.0 Å². The lowest BCUT2D eigenvalue weighted by atomic mass is 10.2. The standard InChI is InChI=1S/C15H18N8O3/c1-21-3-2-17-14(21)12(24)10-6-9-7-22(4-5-23(9)19-10)8-11-18-15(13(16)25)26-20-11/h2-3,6,12,24H,4-5,7-8H2,1H3,(H2,16,25). The van der Waals surface area contributed by atoms with Crippen LogP contribution in [0.25, 0.3) is 0 Å². The second kappa shape index (κ2) is 6.35. The number of primary amides is 1. The van der Waals surface area contributed by atoms with Crippen molar-refractivity contribution in [2.24, 2.45) is 12.8 Å². The highest BCUT2D eigenvalue weighted by Crippen LogP contribution is 2.23. The molecule has 1 unspecified atom stereocenters. The van der Waals surface area contributed by atoms with Crippen LogP contribution in [0.3, 0.4) is 0 Å². The predicted octanol–water partition coefficient (Wildman–Crippen LogP) is -0.804. The summed E-state index contributed by atoms with van der Waals surface area (Å²) in [7, 11) is 1.83. The molecule has 11 heteroatoms. The molecular formula is C15H18N8O3. The lowest BCUT2D eigenvalue weighted by Gasteiger charge is -2.26. The van der Waals surface area contributed by atoms with E-state index in [2.05, 4.69) is 25.1 Å². The van der Waals surface area contributed by atoms with Crippen molar-refractivity contribution < 1.29 is 14.4 Å². The van der Waals surface area contributed by atoms with Gasteiger partial charge in [-0.2, -0.15) is 10.1 Å². The molecule has 4 heterocycles. The molecule has 0 aromatic carbocycles. The highest BCUT2D eigenvalue weighted by Gasteiger charge is 2.24. The van der Waals surface area contributed by atoms with Gasteiger partial charge in [0.2, 0.25) is 0 Å². The SMILES string of the molecule is Cn1ccnc1C(O)c1cc2n(n1)CCN(Cc1noc(C(N)=O)n1)C2. The Hall–Kier alpha value is -3.05. The minimum absolute atomic E-state index is 0.192. The number of aliphatic hydroxyl groups excluding tert-OH is 1. The number of hydrogen-bond donors (Lipinski definition) is 2. The third kappa shape index (κ3) is 2.97. The van der Waals surface area contributed by atoms with Crippen LogP contribution in [0.2, 0.25) is 0 Å². The average molecular weight is 358 g/mol. The highest BCUT2D eigenvalue weighted by atomic mass is 16.5. The van der Waals surface area contributed by atoms with Crippen molar-refractivity contribution in [2.45, 2.75) is 25.7 Å². The Balaban J connectivity index is 1.48. The number of imidazole rings is 1. The monoisotopic (exact) mass is 358 g/mol. The van der Waals surface area contributed by atoms with Gasteiger partial charge in [-0.25, -0.2) is 4.98 Å².